The van der Waals surface area contributed by atoms with Crippen molar-refractivity contribution < 1.29 is 5.11 Å². The number of anilines is 1. The molecule has 0 aliphatic heterocycles. The number of rotatable bonds is 5. The van der Waals surface area contributed by atoms with E-state index in [-0.39, 0.29) is 0 Å². The van der Waals surface area contributed by atoms with Crippen LogP contribution < -0.4 is 5.32 Å². The third-order valence-electron chi connectivity index (χ3n) is 3.15. The zero-order valence-electron chi connectivity index (χ0n) is 10.9. The van der Waals surface area contributed by atoms with Crippen LogP contribution in [0.2, 0.25) is 5.02 Å². The van der Waals surface area contributed by atoms with Crippen LogP contribution in [0.25, 0.3) is 0 Å². The van der Waals surface area contributed by atoms with Crippen molar-refractivity contribution in [1.82, 2.24) is 0 Å². The normalized spacial score (nSPS) is 12.2. The monoisotopic (exact) mass is 275 g/mol. The van der Waals surface area contributed by atoms with Gasteiger partial charge in [-0.25, -0.2) is 0 Å². The number of nitrogens with one attached hydrogen (secondary N) is 1. The van der Waals surface area contributed by atoms with Gasteiger partial charge in [-0.05, 0) is 24.1 Å². The summed E-state index contributed by atoms with van der Waals surface area (Å²) in [6, 6.07) is 15.5. The molecule has 0 saturated heterocycles. The molecule has 1 atom stereocenters. The highest BCUT2D eigenvalue weighted by Gasteiger charge is 2.11. The molecule has 2 aromatic rings. The molecule has 100 valence electrons. The van der Waals surface area contributed by atoms with Crippen molar-refractivity contribution in [1.29, 1.82) is 0 Å². The van der Waals surface area contributed by atoms with Gasteiger partial charge in [-0.2, -0.15) is 0 Å². The first-order valence-corrected chi connectivity index (χ1v) is 6.84. The number of hydrogen-bond acceptors (Lipinski definition) is 2. The minimum atomic E-state index is -0.612. The van der Waals surface area contributed by atoms with Gasteiger partial charge in [0.1, 0.15) is 0 Å². The zero-order valence-corrected chi connectivity index (χ0v) is 11.7. The topological polar surface area (TPSA) is 32.3 Å². The Labute approximate surface area is 119 Å². The summed E-state index contributed by atoms with van der Waals surface area (Å²) in [5.74, 6) is 0. The van der Waals surface area contributed by atoms with E-state index in [9.17, 15) is 5.11 Å². The summed E-state index contributed by atoms with van der Waals surface area (Å²) in [7, 11) is 0. The first kappa shape index (κ1) is 13.9. The molecule has 0 aromatic heterocycles. The van der Waals surface area contributed by atoms with E-state index in [2.05, 4.69) is 18.3 Å². The third-order valence-corrected chi connectivity index (χ3v) is 3.49. The molecule has 0 heterocycles. The van der Waals surface area contributed by atoms with Gasteiger partial charge in [0.2, 0.25) is 0 Å². The second kappa shape index (κ2) is 6.60. The summed E-state index contributed by atoms with van der Waals surface area (Å²) in [5, 5.41) is 14.1. The molecule has 1 unspecified atom stereocenters. The number of aliphatic hydroxyl groups excluding tert-OH is 1. The average Bonchev–Trinajstić information content (AvgIpc) is 2.45. The van der Waals surface area contributed by atoms with Gasteiger partial charge in [0.25, 0.3) is 0 Å². The highest BCUT2D eigenvalue weighted by Crippen LogP contribution is 2.23. The van der Waals surface area contributed by atoms with Gasteiger partial charge in [0.05, 0.1) is 6.10 Å². The number of halogens is 1. The van der Waals surface area contributed by atoms with E-state index < -0.39 is 6.10 Å². The fraction of sp³-hybridized carbons (Fsp3) is 0.250. The molecule has 2 N–H and O–H groups in total. The number of hydrogen-bond donors (Lipinski definition) is 2. The van der Waals surface area contributed by atoms with Crippen molar-refractivity contribution in [2.75, 3.05) is 11.9 Å². The maximum absolute atomic E-state index is 10.2. The number of benzene rings is 2. The van der Waals surface area contributed by atoms with Crippen molar-refractivity contribution in [3.05, 3.63) is 64.7 Å². The van der Waals surface area contributed by atoms with Crippen molar-refractivity contribution in [3.63, 3.8) is 0 Å². The summed E-state index contributed by atoms with van der Waals surface area (Å²) in [6.45, 7) is 2.56. The van der Waals surface area contributed by atoms with Crippen molar-refractivity contribution in [2.45, 2.75) is 19.4 Å². The SMILES string of the molecule is CCc1ccccc1NCC(O)c1ccccc1Cl. The van der Waals surface area contributed by atoms with Gasteiger partial charge in [0.15, 0.2) is 0 Å². The maximum Gasteiger partial charge on any atom is 0.0976 e. The second-order valence-electron chi connectivity index (χ2n) is 4.43. The largest absolute Gasteiger partial charge is 0.387 e. The van der Waals surface area contributed by atoms with Gasteiger partial charge in [0, 0.05) is 22.8 Å². The fourth-order valence-electron chi connectivity index (χ4n) is 2.06. The molecule has 0 aliphatic carbocycles. The van der Waals surface area contributed by atoms with Crippen LogP contribution in [0.3, 0.4) is 0 Å². The standard InChI is InChI=1S/C16H18ClNO/c1-2-12-7-3-6-10-15(12)18-11-16(19)13-8-4-5-9-14(13)17/h3-10,16,18-19H,2,11H2,1H3. The Kier molecular flexibility index (Phi) is 4.83. The molecule has 0 radical (unpaired) electrons. The molecule has 2 rings (SSSR count). The molecule has 19 heavy (non-hydrogen) atoms. The molecule has 3 heteroatoms. The van der Waals surface area contributed by atoms with Crippen LogP contribution in [-0.4, -0.2) is 11.7 Å². The molecule has 0 fully saturated rings. The lowest BCUT2D eigenvalue weighted by molar-refractivity contribution is 0.191. The average molecular weight is 276 g/mol. The molecule has 2 aromatic carbocycles. The van der Waals surface area contributed by atoms with E-state index in [4.69, 9.17) is 11.6 Å². The fourth-order valence-corrected chi connectivity index (χ4v) is 2.32. The second-order valence-corrected chi connectivity index (χ2v) is 4.84. The highest BCUT2D eigenvalue weighted by molar-refractivity contribution is 6.31. The van der Waals surface area contributed by atoms with E-state index in [0.29, 0.717) is 11.6 Å². The van der Waals surface area contributed by atoms with Gasteiger partial charge in [-0.15, -0.1) is 0 Å². The first-order valence-electron chi connectivity index (χ1n) is 6.46. The van der Waals surface area contributed by atoms with Gasteiger partial charge >= 0.3 is 0 Å². The van der Waals surface area contributed by atoms with Crippen molar-refractivity contribution in [3.8, 4) is 0 Å². The predicted molar refractivity (Wildman–Crippen MR) is 80.7 cm³/mol. The highest BCUT2D eigenvalue weighted by atomic mass is 35.5. The minimum absolute atomic E-state index is 0.445. The summed E-state index contributed by atoms with van der Waals surface area (Å²) in [5.41, 5.74) is 3.07. The molecule has 0 amide bonds. The first-order chi connectivity index (χ1) is 9.22. The number of aryl methyl sites for hydroxylation is 1. The van der Waals surface area contributed by atoms with Crippen LogP contribution in [0.1, 0.15) is 24.2 Å². The summed E-state index contributed by atoms with van der Waals surface area (Å²) < 4.78 is 0. The summed E-state index contributed by atoms with van der Waals surface area (Å²) in [6.07, 6.45) is 0.351. The molecule has 0 bridgehead atoms. The molecule has 0 aliphatic rings. The Bertz CT molecular complexity index is 542. The minimum Gasteiger partial charge on any atom is -0.387 e. The molecule has 2 nitrogen and oxygen atoms in total. The molecular formula is C16H18ClNO. The third kappa shape index (κ3) is 3.49. The van der Waals surface area contributed by atoms with Gasteiger partial charge < -0.3 is 10.4 Å². The smallest absolute Gasteiger partial charge is 0.0976 e. The van der Waals surface area contributed by atoms with Crippen LogP contribution in [0, 0.1) is 0 Å². The van der Waals surface area contributed by atoms with Gasteiger partial charge in [-0.3, -0.25) is 0 Å². The van der Waals surface area contributed by atoms with Crippen molar-refractivity contribution >= 4 is 17.3 Å². The lowest BCUT2D eigenvalue weighted by Crippen LogP contribution is -2.13. The van der Waals surface area contributed by atoms with Crippen LogP contribution >= 0.6 is 11.6 Å². The quantitative estimate of drug-likeness (QED) is 0.863. The lowest BCUT2D eigenvalue weighted by Gasteiger charge is -2.16. The Morgan fingerprint density at radius 1 is 1.11 bits per heavy atom. The summed E-state index contributed by atoms with van der Waals surface area (Å²) in [4.78, 5) is 0. The van der Waals surface area contributed by atoms with E-state index in [1.165, 1.54) is 5.56 Å². The van der Waals surface area contributed by atoms with E-state index in [1.807, 2.05) is 36.4 Å². The van der Waals surface area contributed by atoms with E-state index >= 15 is 0 Å². The zero-order chi connectivity index (χ0) is 13.7. The summed E-state index contributed by atoms with van der Waals surface area (Å²) >= 11 is 6.07. The Morgan fingerprint density at radius 3 is 2.53 bits per heavy atom. The maximum atomic E-state index is 10.2. The number of aliphatic hydroxyl groups is 1. The van der Waals surface area contributed by atoms with Crippen LogP contribution in [-0.2, 0) is 6.42 Å². The van der Waals surface area contributed by atoms with Gasteiger partial charge in [-0.1, -0.05) is 54.9 Å². The predicted octanol–water partition coefficient (Wildman–Crippen LogP) is 4.05. The van der Waals surface area contributed by atoms with Crippen LogP contribution in [0.4, 0.5) is 5.69 Å². The molecular weight excluding hydrogens is 258 g/mol. The Morgan fingerprint density at radius 2 is 1.79 bits per heavy atom. The molecule has 0 spiro atoms. The van der Waals surface area contributed by atoms with Crippen molar-refractivity contribution in [2.24, 2.45) is 0 Å². The van der Waals surface area contributed by atoms with E-state index in [1.54, 1.807) is 6.07 Å². The Balaban J connectivity index is 2.04. The Hall–Kier alpha value is -1.51. The molecule has 0 saturated carbocycles. The number of para-hydroxylation sites is 1. The van der Waals surface area contributed by atoms with Crippen LogP contribution in [0.15, 0.2) is 48.5 Å². The van der Waals surface area contributed by atoms with E-state index in [0.717, 1.165) is 17.7 Å². The lowest BCUT2D eigenvalue weighted by atomic mass is 10.1. The van der Waals surface area contributed by atoms with Crippen LogP contribution in [0.5, 0.6) is 0 Å².